The van der Waals surface area contributed by atoms with Gasteiger partial charge in [0.2, 0.25) is 0 Å². The average Bonchev–Trinajstić information content (AvgIpc) is 2.26. The molecule has 1 aromatic carbocycles. The second kappa shape index (κ2) is 4.84. The molecule has 1 rings (SSSR count). The van der Waals surface area contributed by atoms with E-state index in [4.69, 9.17) is 0 Å². The summed E-state index contributed by atoms with van der Waals surface area (Å²) in [5.41, 5.74) is 0.284. The van der Waals surface area contributed by atoms with Crippen LogP contribution >= 0.6 is 0 Å². The summed E-state index contributed by atoms with van der Waals surface area (Å²) < 4.78 is 0. The normalized spacial score (nSPS) is 12.9. The van der Waals surface area contributed by atoms with E-state index in [0.717, 1.165) is 5.69 Å². The number of para-hydroxylation sites is 1. The monoisotopic (exact) mass is 219 g/mol. The molecule has 0 saturated heterocycles. The molecule has 1 aromatic rings. The van der Waals surface area contributed by atoms with E-state index in [2.05, 4.69) is 11.9 Å². The zero-order chi connectivity index (χ0) is 12.2. The van der Waals surface area contributed by atoms with Gasteiger partial charge in [-0.1, -0.05) is 38.1 Å². The van der Waals surface area contributed by atoms with E-state index in [1.807, 2.05) is 44.2 Å². The van der Waals surface area contributed by atoms with Crippen molar-refractivity contribution in [1.29, 1.82) is 0 Å². The SMILES string of the molecule is C=CC(C)(C)C(Nc1ccccc1)C(=O)O. The van der Waals surface area contributed by atoms with E-state index in [0.29, 0.717) is 0 Å². The molecule has 16 heavy (non-hydrogen) atoms. The minimum Gasteiger partial charge on any atom is -0.480 e. The summed E-state index contributed by atoms with van der Waals surface area (Å²) in [6.45, 7) is 7.36. The van der Waals surface area contributed by atoms with Crippen LogP contribution < -0.4 is 5.32 Å². The van der Waals surface area contributed by atoms with Crippen LogP contribution in [0.3, 0.4) is 0 Å². The Hall–Kier alpha value is -1.77. The molecule has 3 nitrogen and oxygen atoms in total. The molecule has 3 heteroatoms. The van der Waals surface area contributed by atoms with Gasteiger partial charge in [0.1, 0.15) is 6.04 Å². The van der Waals surface area contributed by atoms with E-state index < -0.39 is 17.4 Å². The van der Waals surface area contributed by atoms with Crippen LogP contribution in [0.4, 0.5) is 5.69 Å². The van der Waals surface area contributed by atoms with Crippen LogP contribution in [0.2, 0.25) is 0 Å². The van der Waals surface area contributed by atoms with Gasteiger partial charge in [0.05, 0.1) is 0 Å². The smallest absolute Gasteiger partial charge is 0.327 e. The third kappa shape index (κ3) is 2.86. The lowest BCUT2D eigenvalue weighted by molar-refractivity contribution is -0.139. The van der Waals surface area contributed by atoms with Crippen LogP contribution in [0.5, 0.6) is 0 Å². The van der Waals surface area contributed by atoms with Gasteiger partial charge in [-0.3, -0.25) is 0 Å². The van der Waals surface area contributed by atoms with E-state index in [1.54, 1.807) is 6.08 Å². The van der Waals surface area contributed by atoms with Gasteiger partial charge in [0.15, 0.2) is 0 Å². The van der Waals surface area contributed by atoms with E-state index in [-0.39, 0.29) is 0 Å². The Bertz CT molecular complexity index is 371. The van der Waals surface area contributed by atoms with Gasteiger partial charge in [-0.05, 0) is 12.1 Å². The van der Waals surface area contributed by atoms with Gasteiger partial charge in [-0.15, -0.1) is 6.58 Å². The molecule has 2 N–H and O–H groups in total. The summed E-state index contributed by atoms with van der Waals surface area (Å²) in [6.07, 6.45) is 1.65. The molecule has 1 unspecified atom stereocenters. The van der Waals surface area contributed by atoms with E-state index in [9.17, 15) is 9.90 Å². The van der Waals surface area contributed by atoms with Crippen LogP contribution in [-0.2, 0) is 4.79 Å². The molecule has 0 aliphatic heterocycles. The van der Waals surface area contributed by atoms with Gasteiger partial charge in [-0.25, -0.2) is 4.79 Å². The number of aliphatic carboxylic acids is 1. The molecule has 1 atom stereocenters. The first-order chi connectivity index (χ1) is 7.47. The lowest BCUT2D eigenvalue weighted by Gasteiger charge is -2.29. The van der Waals surface area contributed by atoms with Crippen molar-refractivity contribution < 1.29 is 9.90 Å². The zero-order valence-electron chi connectivity index (χ0n) is 9.60. The van der Waals surface area contributed by atoms with Crippen molar-refractivity contribution in [2.45, 2.75) is 19.9 Å². The Morgan fingerprint density at radius 2 is 2.00 bits per heavy atom. The predicted molar refractivity (Wildman–Crippen MR) is 65.5 cm³/mol. The van der Waals surface area contributed by atoms with Gasteiger partial charge in [0, 0.05) is 11.1 Å². The Labute approximate surface area is 95.8 Å². The summed E-state index contributed by atoms with van der Waals surface area (Å²) in [5, 5.41) is 12.2. The maximum absolute atomic E-state index is 11.2. The molecular formula is C13H17NO2. The number of carboxylic acid groups (broad SMARTS) is 1. The highest BCUT2D eigenvalue weighted by molar-refractivity contribution is 5.78. The molecule has 0 saturated carbocycles. The van der Waals surface area contributed by atoms with Crippen LogP contribution in [0.15, 0.2) is 43.0 Å². The van der Waals surface area contributed by atoms with Gasteiger partial charge in [0.25, 0.3) is 0 Å². The zero-order valence-corrected chi connectivity index (χ0v) is 9.60. The van der Waals surface area contributed by atoms with E-state index in [1.165, 1.54) is 0 Å². The maximum Gasteiger partial charge on any atom is 0.327 e. The molecule has 0 fully saturated rings. The van der Waals surface area contributed by atoms with Crippen LogP contribution in [0.25, 0.3) is 0 Å². The number of nitrogens with one attached hydrogen (secondary N) is 1. The fraction of sp³-hybridized carbons (Fsp3) is 0.308. The number of hydrogen-bond acceptors (Lipinski definition) is 2. The molecule has 0 aliphatic rings. The Kier molecular flexibility index (Phi) is 3.72. The molecule has 0 heterocycles. The first-order valence-electron chi connectivity index (χ1n) is 5.15. The van der Waals surface area contributed by atoms with Crippen LogP contribution in [0, 0.1) is 5.41 Å². The topological polar surface area (TPSA) is 49.3 Å². The Balaban J connectivity index is 2.89. The maximum atomic E-state index is 11.2. The molecule has 0 aliphatic carbocycles. The highest BCUT2D eigenvalue weighted by Crippen LogP contribution is 2.25. The number of rotatable bonds is 5. The lowest BCUT2D eigenvalue weighted by Crippen LogP contribution is -2.41. The number of carboxylic acids is 1. The quantitative estimate of drug-likeness (QED) is 0.749. The van der Waals surface area contributed by atoms with Crippen molar-refractivity contribution in [3.63, 3.8) is 0 Å². The van der Waals surface area contributed by atoms with Gasteiger partial charge >= 0.3 is 5.97 Å². The fourth-order valence-corrected chi connectivity index (χ4v) is 1.38. The number of anilines is 1. The average molecular weight is 219 g/mol. The summed E-state index contributed by atoms with van der Waals surface area (Å²) in [7, 11) is 0. The molecule has 0 bridgehead atoms. The standard InChI is InChI=1S/C13H17NO2/c1-4-13(2,3)11(12(15)16)14-10-8-6-5-7-9-10/h4-9,11,14H,1H2,2-3H3,(H,15,16). The van der Waals surface area contributed by atoms with Gasteiger partial charge in [-0.2, -0.15) is 0 Å². The van der Waals surface area contributed by atoms with Crippen LogP contribution in [-0.4, -0.2) is 17.1 Å². The summed E-state index contributed by atoms with van der Waals surface area (Å²) >= 11 is 0. The molecule has 0 radical (unpaired) electrons. The van der Waals surface area contributed by atoms with Gasteiger partial charge < -0.3 is 10.4 Å². The fourth-order valence-electron chi connectivity index (χ4n) is 1.38. The summed E-state index contributed by atoms with van der Waals surface area (Å²) in [6, 6.07) is 8.61. The predicted octanol–water partition coefficient (Wildman–Crippen LogP) is 2.76. The van der Waals surface area contributed by atoms with Crippen molar-refractivity contribution >= 4 is 11.7 Å². The van der Waals surface area contributed by atoms with Crippen molar-refractivity contribution in [3.05, 3.63) is 43.0 Å². The number of benzene rings is 1. The summed E-state index contributed by atoms with van der Waals surface area (Å²) in [4.78, 5) is 11.2. The van der Waals surface area contributed by atoms with Crippen molar-refractivity contribution in [2.24, 2.45) is 5.41 Å². The number of hydrogen-bond donors (Lipinski definition) is 2. The highest BCUT2D eigenvalue weighted by Gasteiger charge is 2.32. The third-order valence-corrected chi connectivity index (χ3v) is 2.60. The lowest BCUT2D eigenvalue weighted by atomic mass is 9.84. The Morgan fingerprint density at radius 1 is 1.44 bits per heavy atom. The minimum atomic E-state index is -0.881. The Morgan fingerprint density at radius 3 is 2.44 bits per heavy atom. The van der Waals surface area contributed by atoms with Crippen molar-refractivity contribution in [3.8, 4) is 0 Å². The third-order valence-electron chi connectivity index (χ3n) is 2.60. The number of carbonyl (C=O) groups is 1. The second-order valence-electron chi connectivity index (χ2n) is 4.31. The van der Waals surface area contributed by atoms with Crippen LogP contribution in [0.1, 0.15) is 13.8 Å². The molecular weight excluding hydrogens is 202 g/mol. The molecule has 0 spiro atoms. The highest BCUT2D eigenvalue weighted by atomic mass is 16.4. The largest absolute Gasteiger partial charge is 0.480 e. The second-order valence-corrected chi connectivity index (χ2v) is 4.31. The summed E-state index contributed by atoms with van der Waals surface area (Å²) in [5.74, 6) is -0.881. The van der Waals surface area contributed by atoms with Crippen molar-refractivity contribution in [2.75, 3.05) is 5.32 Å². The van der Waals surface area contributed by atoms with E-state index >= 15 is 0 Å². The molecule has 0 amide bonds. The van der Waals surface area contributed by atoms with Crippen molar-refractivity contribution in [1.82, 2.24) is 0 Å². The first kappa shape index (κ1) is 12.3. The molecule has 86 valence electrons. The molecule has 0 aromatic heterocycles. The minimum absolute atomic E-state index is 0.512. The first-order valence-corrected chi connectivity index (χ1v) is 5.15.